The van der Waals surface area contributed by atoms with E-state index >= 15 is 0 Å². The number of thiazole rings is 1. The molecule has 0 fully saturated rings. The summed E-state index contributed by atoms with van der Waals surface area (Å²) >= 11 is 7.70. The lowest BCUT2D eigenvalue weighted by molar-refractivity contribution is 0.130. The molecule has 8 heteroatoms. The molecule has 0 saturated heterocycles. The molecule has 3 aromatic heterocycles. The molecule has 0 atom stereocenters. The van der Waals surface area contributed by atoms with Crippen LogP contribution in [0.2, 0.25) is 5.02 Å². The minimum atomic E-state index is -0.377. The van der Waals surface area contributed by atoms with Gasteiger partial charge in [-0.25, -0.2) is 14.4 Å². The second kappa shape index (κ2) is 9.37. The molecule has 3 heterocycles. The Balaban J connectivity index is 1.42. The van der Waals surface area contributed by atoms with Gasteiger partial charge in [-0.2, -0.15) is 0 Å². The van der Waals surface area contributed by atoms with Gasteiger partial charge in [0.05, 0.1) is 27.0 Å². The summed E-state index contributed by atoms with van der Waals surface area (Å²) in [6, 6.07) is 12.3. The topological polar surface area (TPSA) is 60.3 Å². The normalized spacial score (nSPS) is 14.3. The standard InChI is InChI=1S/C25H20ClFN4OS/c1-15-24(33-25(29-15)17-5-3-11-28-13-17)22-10-8-16-4-2-6-21(23(16)30-22)31-32-14-18-7-9-19(27)12-20(18)26/h3,5,7-13H,2,4,6,14H2,1H3. The van der Waals surface area contributed by atoms with Crippen LogP contribution in [-0.4, -0.2) is 20.7 Å². The van der Waals surface area contributed by atoms with Crippen LogP contribution in [0.25, 0.3) is 21.1 Å². The van der Waals surface area contributed by atoms with E-state index in [2.05, 4.69) is 22.3 Å². The number of nitrogens with zero attached hydrogens (tertiary/aromatic N) is 4. The van der Waals surface area contributed by atoms with Crippen LogP contribution in [0, 0.1) is 12.7 Å². The number of rotatable bonds is 5. The van der Waals surface area contributed by atoms with E-state index < -0.39 is 0 Å². The van der Waals surface area contributed by atoms with Gasteiger partial charge in [-0.15, -0.1) is 11.3 Å². The van der Waals surface area contributed by atoms with Gasteiger partial charge in [-0.05, 0) is 62.1 Å². The third-order valence-corrected chi connectivity index (χ3v) is 7.04. The Hall–Kier alpha value is -3.16. The van der Waals surface area contributed by atoms with Crippen molar-refractivity contribution in [3.63, 3.8) is 0 Å². The van der Waals surface area contributed by atoms with E-state index in [1.165, 1.54) is 12.1 Å². The van der Waals surface area contributed by atoms with E-state index in [1.807, 2.05) is 25.3 Å². The molecule has 0 radical (unpaired) electrons. The third-order valence-electron chi connectivity index (χ3n) is 5.46. The van der Waals surface area contributed by atoms with E-state index in [0.717, 1.165) is 63.1 Å². The summed E-state index contributed by atoms with van der Waals surface area (Å²) in [4.78, 5) is 20.5. The molecule has 0 saturated carbocycles. The van der Waals surface area contributed by atoms with E-state index in [9.17, 15) is 4.39 Å². The van der Waals surface area contributed by atoms with E-state index in [1.54, 1.807) is 23.6 Å². The molecule has 5 nitrogen and oxygen atoms in total. The molecule has 0 N–H and O–H groups in total. The van der Waals surface area contributed by atoms with Gasteiger partial charge in [0.15, 0.2) is 0 Å². The van der Waals surface area contributed by atoms with Crippen molar-refractivity contribution in [3.05, 3.63) is 88.2 Å². The Morgan fingerprint density at radius 2 is 2.06 bits per heavy atom. The van der Waals surface area contributed by atoms with Gasteiger partial charge in [-0.1, -0.05) is 28.9 Å². The zero-order valence-corrected chi connectivity index (χ0v) is 19.5. The fraction of sp³-hybridized carbons (Fsp3) is 0.200. The average Bonchev–Trinajstić information content (AvgIpc) is 3.22. The SMILES string of the molecule is Cc1nc(-c2cccnc2)sc1-c1ccc2c(n1)C(=NOCc1ccc(F)cc1Cl)CCC2. The highest BCUT2D eigenvalue weighted by Crippen LogP contribution is 2.35. The van der Waals surface area contributed by atoms with Crippen molar-refractivity contribution in [2.45, 2.75) is 32.8 Å². The van der Waals surface area contributed by atoms with Gasteiger partial charge in [0.1, 0.15) is 23.1 Å². The number of benzene rings is 1. The van der Waals surface area contributed by atoms with E-state index in [0.29, 0.717) is 10.6 Å². The summed E-state index contributed by atoms with van der Waals surface area (Å²) in [7, 11) is 0. The summed E-state index contributed by atoms with van der Waals surface area (Å²) in [6.07, 6.45) is 6.29. The van der Waals surface area contributed by atoms with Gasteiger partial charge in [0.2, 0.25) is 0 Å². The van der Waals surface area contributed by atoms with Crippen LogP contribution < -0.4 is 0 Å². The quantitative estimate of drug-likeness (QED) is 0.302. The minimum absolute atomic E-state index is 0.167. The molecule has 1 aliphatic rings. The number of hydrogen-bond acceptors (Lipinski definition) is 6. The molecule has 1 aromatic carbocycles. The van der Waals surface area contributed by atoms with Gasteiger partial charge >= 0.3 is 0 Å². The van der Waals surface area contributed by atoms with Crippen LogP contribution in [0.5, 0.6) is 0 Å². The zero-order valence-electron chi connectivity index (χ0n) is 17.9. The second-order valence-electron chi connectivity index (χ2n) is 7.78. The van der Waals surface area contributed by atoms with Gasteiger partial charge in [-0.3, -0.25) is 4.98 Å². The van der Waals surface area contributed by atoms with Gasteiger partial charge in [0, 0.05) is 23.5 Å². The third kappa shape index (κ3) is 4.65. The van der Waals surface area contributed by atoms with Crippen molar-refractivity contribution in [3.8, 4) is 21.1 Å². The largest absolute Gasteiger partial charge is 0.391 e. The lowest BCUT2D eigenvalue weighted by atomic mass is 9.94. The second-order valence-corrected chi connectivity index (χ2v) is 9.19. The molecule has 1 aliphatic carbocycles. The monoisotopic (exact) mass is 478 g/mol. The zero-order chi connectivity index (χ0) is 22.8. The predicted octanol–water partition coefficient (Wildman–Crippen LogP) is 6.63. The number of pyridine rings is 2. The van der Waals surface area contributed by atoms with E-state index in [-0.39, 0.29) is 12.4 Å². The van der Waals surface area contributed by atoms with Crippen LogP contribution >= 0.6 is 22.9 Å². The van der Waals surface area contributed by atoms with Crippen molar-refractivity contribution in [1.29, 1.82) is 0 Å². The van der Waals surface area contributed by atoms with Crippen molar-refractivity contribution in [2.24, 2.45) is 5.16 Å². The number of halogens is 2. The van der Waals surface area contributed by atoms with Crippen LogP contribution in [0.4, 0.5) is 4.39 Å². The number of hydrogen-bond donors (Lipinski definition) is 0. The first-order valence-electron chi connectivity index (χ1n) is 10.6. The van der Waals surface area contributed by atoms with Crippen LogP contribution in [0.3, 0.4) is 0 Å². The molecule has 0 spiro atoms. The molecule has 0 aliphatic heterocycles. The Morgan fingerprint density at radius 1 is 1.15 bits per heavy atom. The summed E-state index contributed by atoms with van der Waals surface area (Å²) in [5.74, 6) is -0.377. The fourth-order valence-corrected chi connectivity index (χ4v) is 5.03. The van der Waals surface area contributed by atoms with Crippen molar-refractivity contribution in [1.82, 2.24) is 15.0 Å². The Morgan fingerprint density at radius 3 is 2.88 bits per heavy atom. The molecule has 33 heavy (non-hydrogen) atoms. The maximum absolute atomic E-state index is 13.3. The first-order chi connectivity index (χ1) is 16.1. The predicted molar refractivity (Wildman–Crippen MR) is 129 cm³/mol. The van der Waals surface area contributed by atoms with Crippen molar-refractivity contribution in [2.75, 3.05) is 0 Å². The minimum Gasteiger partial charge on any atom is -0.391 e. The first kappa shape index (κ1) is 21.7. The fourth-order valence-electron chi connectivity index (χ4n) is 3.78. The first-order valence-corrected chi connectivity index (χ1v) is 11.8. The highest BCUT2D eigenvalue weighted by Gasteiger charge is 2.21. The molecule has 4 aromatic rings. The van der Waals surface area contributed by atoms with E-state index in [4.69, 9.17) is 26.4 Å². The summed E-state index contributed by atoms with van der Waals surface area (Å²) < 4.78 is 13.3. The number of oxime groups is 1. The molecular weight excluding hydrogens is 459 g/mol. The summed E-state index contributed by atoms with van der Waals surface area (Å²) in [5.41, 5.74) is 6.30. The van der Waals surface area contributed by atoms with Gasteiger partial charge < -0.3 is 4.84 Å². The van der Waals surface area contributed by atoms with Crippen LogP contribution in [0.1, 0.15) is 35.4 Å². The lowest BCUT2D eigenvalue weighted by Gasteiger charge is -2.17. The smallest absolute Gasteiger partial charge is 0.143 e. The Bertz CT molecular complexity index is 1340. The highest BCUT2D eigenvalue weighted by molar-refractivity contribution is 7.18. The molecule has 0 unspecified atom stereocenters. The molecular formula is C25H20ClFN4OS. The summed E-state index contributed by atoms with van der Waals surface area (Å²) in [5, 5.41) is 5.62. The van der Waals surface area contributed by atoms with Crippen molar-refractivity contribution >= 4 is 28.6 Å². The van der Waals surface area contributed by atoms with Crippen LogP contribution in [0.15, 0.2) is 60.0 Å². The molecule has 5 rings (SSSR count). The highest BCUT2D eigenvalue weighted by atomic mass is 35.5. The molecule has 166 valence electrons. The lowest BCUT2D eigenvalue weighted by Crippen LogP contribution is -2.15. The summed E-state index contributed by atoms with van der Waals surface area (Å²) in [6.45, 7) is 2.16. The Labute approximate surface area is 200 Å². The maximum atomic E-state index is 13.3. The maximum Gasteiger partial charge on any atom is 0.143 e. The number of fused-ring (bicyclic) bond motifs is 1. The van der Waals surface area contributed by atoms with Gasteiger partial charge in [0.25, 0.3) is 0 Å². The Kier molecular flexibility index (Phi) is 6.15. The molecule has 0 amide bonds. The number of aromatic nitrogens is 3. The number of aryl methyl sites for hydroxylation is 2. The molecule has 0 bridgehead atoms. The average molecular weight is 479 g/mol. The van der Waals surface area contributed by atoms with Crippen LogP contribution in [-0.2, 0) is 17.9 Å². The van der Waals surface area contributed by atoms with Crippen molar-refractivity contribution < 1.29 is 9.23 Å².